The molecule has 64 heavy (non-hydrogen) atoms. The van der Waals surface area contributed by atoms with E-state index in [0.29, 0.717) is 17.2 Å². The van der Waals surface area contributed by atoms with Gasteiger partial charge in [0, 0.05) is 54.0 Å². The second-order valence-electron chi connectivity index (χ2n) is 13.2. The Hall–Kier alpha value is -6.61. The highest BCUT2D eigenvalue weighted by Crippen LogP contribution is 2.41. The number of esters is 1. The largest absolute Gasteiger partial charge is 0.465 e. The van der Waals surface area contributed by atoms with Crippen LogP contribution < -0.4 is 36.8 Å². The van der Waals surface area contributed by atoms with Crippen molar-refractivity contribution < 1.29 is 62.2 Å². The number of amides is 1. The first kappa shape index (κ1) is 50.0. The van der Waals surface area contributed by atoms with Gasteiger partial charge >= 0.3 is 30.1 Å². The molecule has 0 saturated carbocycles. The smallest absolute Gasteiger partial charge is 0.417 e. The number of nitrogens with one attached hydrogen (secondary N) is 4. The van der Waals surface area contributed by atoms with Crippen LogP contribution >= 0.6 is 11.6 Å². The second kappa shape index (κ2) is 19.4. The predicted octanol–water partition coefficient (Wildman–Crippen LogP) is 5.39. The summed E-state index contributed by atoms with van der Waals surface area (Å²) in [6, 6.07) is 15.1. The summed E-state index contributed by atoms with van der Waals surface area (Å²) in [6.07, 6.45) is -5.78. The van der Waals surface area contributed by atoms with Crippen molar-refractivity contribution in [1.29, 1.82) is 0 Å². The Morgan fingerprint density at radius 1 is 0.781 bits per heavy atom. The Bertz CT molecular complexity index is 3060. The summed E-state index contributed by atoms with van der Waals surface area (Å²) in [7, 11) is -2.92. The number of fused-ring (bicyclic) bond motifs is 1. The number of hydrazine groups is 1. The molecule has 18 nitrogen and oxygen atoms in total. The van der Waals surface area contributed by atoms with Crippen molar-refractivity contribution in [3.8, 4) is 28.3 Å². The van der Waals surface area contributed by atoms with Crippen LogP contribution in [0.1, 0.15) is 21.5 Å². The molecule has 0 spiro atoms. The van der Waals surface area contributed by atoms with Crippen molar-refractivity contribution in [3.05, 3.63) is 128 Å². The monoisotopic (exact) mass is 964 g/mol. The summed E-state index contributed by atoms with van der Waals surface area (Å²) in [4.78, 5) is 54.4. The number of sulfonamides is 2. The van der Waals surface area contributed by atoms with Gasteiger partial charge in [-0.3, -0.25) is 16.0 Å². The van der Waals surface area contributed by atoms with E-state index in [4.69, 9.17) is 16.3 Å². The molecule has 0 aliphatic rings. The number of halogens is 7. The Morgan fingerprint density at radius 3 is 1.72 bits per heavy atom. The van der Waals surface area contributed by atoms with E-state index in [2.05, 4.69) is 20.9 Å². The summed E-state index contributed by atoms with van der Waals surface area (Å²) >= 11 is 5.76. The Morgan fingerprint density at radius 2 is 1.28 bits per heavy atom. The topological polar surface area (TPSA) is 248 Å². The highest BCUT2D eigenvalue weighted by atomic mass is 35.5. The molecule has 0 aliphatic heterocycles. The molecule has 27 heteroatoms. The highest BCUT2D eigenvalue weighted by molar-refractivity contribution is 7.91. The number of carbonyl (C=O) groups excluding carboxylic acids is 2. The number of aromatic nitrogens is 4. The fraction of sp³-hybridized carbons (Fsp3) is 0.189. The van der Waals surface area contributed by atoms with Gasteiger partial charge in [0.1, 0.15) is 5.75 Å². The molecule has 1 amide bonds. The van der Waals surface area contributed by atoms with Gasteiger partial charge in [0.2, 0.25) is 20.0 Å². The number of aromatic amines is 1. The molecule has 0 unspecified atom stereocenters. The zero-order valence-electron chi connectivity index (χ0n) is 33.5. The predicted molar refractivity (Wildman–Crippen MR) is 223 cm³/mol. The number of hydrogen-bond acceptors (Lipinski definition) is 11. The van der Waals surface area contributed by atoms with Crippen LogP contribution in [-0.2, 0) is 51.2 Å². The fourth-order valence-corrected chi connectivity index (χ4v) is 6.24. The lowest BCUT2D eigenvalue weighted by molar-refractivity contribution is -0.137. The number of nitrogens with zero attached hydrogens (tertiary/aromatic N) is 3. The summed E-state index contributed by atoms with van der Waals surface area (Å²) in [5.74, 6) is 3.65. The zero-order valence-corrected chi connectivity index (χ0v) is 35.9. The zero-order chi connectivity index (χ0) is 48.1. The molecule has 344 valence electrons. The maximum Gasteiger partial charge on any atom is 0.417 e. The molecular formula is C37H35ClF6N8O10S2. The molecule has 0 fully saturated rings. The first-order valence-electron chi connectivity index (χ1n) is 17.4. The van der Waals surface area contributed by atoms with Crippen molar-refractivity contribution in [2.24, 2.45) is 19.9 Å². The maximum atomic E-state index is 13.8. The second-order valence-corrected chi connectivity index (χ2v) is 17.1. The first-order valence-corrected chi connectivity index (χ1v) is 21.6. The van der Waals surface area contributed by atoms with E-state index in [1.54, 1.807) is 29.0 Å². The van der Waals surface area contributed by atoms with E-state index in [0.717, 1.165) is 31.8 Å². The Labute approximate surface area is 363 Å². The lowest BCUT2D eigenvalue weighted by Gasteiger charge is -2.18. The van der Waals surface area contributed by atoms with Crippen LogP contribution in [0.4, 0.5) is 36.8 Å². The van der Waals surface area contributed by atoms with E-state index in [9.17, 15) is 62.4 Å². The third-order valence-electron chi connectivity index (χ3n) is 8.38. The average molecular weight is 965 g/mol. The number of H-pyrrole nitrogens is 1. The third kappa shape index (κ3) is 12.7. The van der Waals surface area contributed by atoms with Gasteiger partial charge in [-0.2, -0.15) is 35.8 Å². The third-order valence-corrected chi connectivity index (χ3v) is 9.58. The van der Waals surface area contributed by atoms with Gasteiger partial charge in [-0.1, -0.05) is 11.6 Å². The SMILES string of the molecule is COC(=O)c1cc(-c2cccn2C)c(C(F)(F)F)cc1NC(=O)Oc1ccc(Cl)cc1.CS(=O)(=O)NN.Cn1cccc1-c1cc2c(=O)n(NS(C)(=O)=O)c(=O)[nH]c2cc1C(F)(F)F. The quantitative estimate of drug-likeness (QED) is 0.0560. The molecular weight excluding hydrogens is 930 g/mol. The molecule has 0 bridgehead atoms. The number of carbonyl (C=O) groups is 2. The van der Waals surface area contributed by atoms with Crippen molar-refractivity contribution in [3.63, 3.8) is 0 Å². The number of methoxy groups -OCH3 is 1. The van der Waals surface area contributed by atoms with Gasteiger partial charge in [-0.25, -0.2) is 36.1 Å². The summed E-state index contributed by atoms with van der Waals surface area (Å²) in [6.45, 7) is 0. The van der Waals surface area contributed by atoms with E-state index in [-0.39, 0.29) is 49.4 Å². The van der Waals surface area contributed by atoms with Gasteiger partial charge in [-0.15, -0.1) is 0 Å². The number of rotatable bonds is 8. The molecule has 0 saturated heterocycles. The Balaban J connectivity index is 0.000000251. The van der Waals surface area contributed by atoms with Gasteiger partial charge in [0.15, 0.2) is 0 Å². The molecule has 0 radical (unpaired) electrons. The van der Waals surface area contributed by atoms with E-state index in [1.807, 2.05) is 0 Å². The lowest BCUT2D eigenvalue weighted by atomic mass is 9.98. The summed E-state index contributed by atoms with van der Waals surface area (Å²) in [5, 5.41) is 2.31. The minimum atomic E-state index is -4.76. The van der Waals surface area contributed by atoms with Crippen LogP contribution in [0.3, 0.4) is 0 Å². The number of ether oxygens (including phenoxy) is 2. The van der Waals surface area contributed by atoms with Gasteiger partial charge in [0.25, 0.3) is 5.56 Å². The highest BCUT2D eigenvalue weighted by Gasteiger charge is 2.37. The average Bonchev–Trinajstić information content (AvgIpc) is 3.83. The van der Waals surface area contributed by atoms with Crippen molar-refractivity contribution in [2.45, 2.75) is 12.4 Å². The molecule has 3 heterocycles. The van der Waals surface area contributed by atoms with Crippen LogP contribution in [0.25, 0.3) is 33.4 Å². The number of benzene rings is 3. The van der Waals surface area contributed by atoms with Crippen LogP contribution in [0, 0.1) is 0 Å². The van der Waals surface area contributed by atoms with Gasteiger partial charge in [0.05, 0.1) is 52.9 Å². The first-order chi connectivity index (χ1) is 29.5. The fourth-order valence-electron chi connectivity index (χ4n) is 5.61. The van der Waals surface area contributed by atoms with Crippen molar-refractivity contribution >= 4 is 60.3 Å². The molecule has 6 aromatic rings. The van der Waals surface area contributed by atoms with Crippen LogP contribution in [0.5, 0.6) is 5.75 Å². The molecule has 0 aliphatic carbocycles. The number of aryl methyl sites for hydroxylation is 2. The van der Waals surface area contributed by atoms with E-state index >= 15 is 0 Å². The van der Waals surface area contributed by atoms with Crippen LogP contribution in [0.15, 0.2) is 94.8 Å². The van der Waals surface area contributed by atoms with Crippen LogP contribution in [0.2, 0.25) is 5.02 Å². The molecule has 6 rings (SSSR count). The number of nitrogens with two attached hydrogens (primary N) is 1. The maximum absolute atomic E-state index is 13.8. The van der Waals surface area contributed by atoms with Crippen molar-refractivity contribution in [1.82, 2.24) is 23.6 Å². The number of anilines is 1. The molecule has 3 aromatic carbocycles. The van der Waals surface area contributed by atoms with E-state index < -0.39 is 72.5 Å². The summed E-state index contributed by atoms with van der Waals surface area (Å²) < 4.78 is 137. The Kier molecular flexibility index (Phi) is 15.2. The molecule has 6 N–H and O–H groups in total. The van der Waals surface area contributed by atoms with Gasteiger partial charge in [-0.05, 0) is 72.8 Å². The molecule has 3 aromatic heterocycles. The number of hydrogen-bond donors (Lipinski definition) is 5. The van der Waals surface area contributed by atoms with Gasteiger partial charge < -0.3 is 23.6 Å². The normalized spacial score (nSPS) is 11.8. The molecule has 0 atom stereocenters. The standard InChI is InChI=1S/C21H16ClF3N2O4.C15H13F3N4O4S.CH6N2O2S/c1-27-9-3-4-18(27)14-10-15(19(28)30-2)17(11-16(14)21(23,24)25)26-20(29)31-13-7-5-12(22)6-8-13;1-21-5-3-4-12(21)8-6-9-11(7-10(8)15(16,17)18)19-14(24)22(13(9)23)20-27(2,25)26;1-6(4,5)3-2/h3-11H,1-2H3,(H,26,29);3-7,20H,1-2H3,(H,19,24);3H,2H2,1H3. The van der Waals surface area contributed by atoms with Crippen LogP contribution in [-0.4, -0.2) is 67.3 Å². The summed E-state index contributed by atoms with van der Waals surface area (Å²) in [5.41, 5.74) is -5.51. The van der Waals surface area contributed by atoms with E-state index in [1.165, 1.54) is 64.8 Å². The number of alkyl halides is 6. The lowest BCUT2D eigenvalue weighted by Crippen LogP contribution is -2.43. The minimum absolute atomic E-state index is 0.109. The van der Waals surface area contributed by atoms with Crippen molar-refractivity contribution in [2.75, 3.05) is 29.8 Å². The minimum Gasteiger partial charge on any atom is -0.465 e.